The molecule has 0 unspecified atom stereocenters. The van der Waals surface area contributed by atoms with E-state index < -0.39 is 0 Å². The summed E-state index contributed by atoms with van der Waals surface area (Å²) in [7, 11) is 0. The second-order valence-corrected chi connectivity index (χ2v) is 6.82. The van der Waals surface area contributed by atoms with Crippen molar-refractivity contribution in [2.45, 2.75) is 64.0 Å². The molecule has 1 aromatic heterocycles. The molecule has 1 aliphatic heterocycles. The van der Waals surface area contributed by atoms with Crippen molar-refractivity contribution in [3.63, 3.8) is 0 Å². The van der Waals surface area contributed by atoms with Gasteiger partial charge in [-0.05, 0) is 50.7 Å². The molecule has 3 nitrogen and oxygen atoms in total. The number of hydrogen-bond donors (Lipinski definition) is 1. The first-order valence-electron chi connectivity index (χ1n) is 8.74. The molecule has 116 valence electrons. The van der Waals surface area contributed by atoms with Crippen LogP contribution in [0.5, 0.6) is 0 Å². The summed E-state index contributed by atoms with van der Waals surface area (Å²) in [6.07, 6.45) is 13.5. The Bertz CT molecular complexity index is 406. The number of hydrogen-bond acceptors (Lipinski definition) is 3. The molecule has 1 saturated heterocycles. The van der Waals surface area contributed by atoms with Crippen LogP contribution in [0.1, 0.15) is 51.9 Å². The smallest absolute Gasteiger partial charge is 0.0397 e. The molecule has 0 radical (unpaired) electrons. The first-order valence-corrected chi connectivity index (χ1v) is 8.74. The molecule has 1 saturated carbocycles. The number of anilines is 1. The van der Waals surface area contributed by atoms with Crippen molar-refractivity contribution in [3.05, 3.63) is 24.5 Å². The lowest BCUT2D eigenvalue weighted by Gasteiger charge is -2.37. The summed E-state index contributed by atoms with van der Waals surface area (Å²) >= 11 is 0. The van der Waals surface area contributed by atoms with Gasteiger partial charge in [0.25, 0.3) is 0 Å². The van der Waals surface area contributed by atoms with E-state index >= 15 is 0 Å². The average Bonchev–Trinajstić information content (AvgIpc) is 2.57. The summed E-state index contributed by atoms with van der Waals surface area (Å²) in [5, 5.41) is 3.92. The third kappa shape index (κ3) is 3.97. The highest BCUT2D eigenvalue weighted by molar-refractivity contribution is 5.44. The van der Waals surface area contributed by atoms with Gasteiger partial charge in [-0.15, -0.1) is 0 Å². The molecule has 1 aliphatic carbocycles. The topological polar surface area (TPSA) is 28.2 Å². The molecule has 2 fully saturated rings. The van der Waals surface area contributed by atoms with E-state index in [1.54, 1.807) is 0 Å². The van der Waals surface area contributed by atoms with Gasteiger partial charge in [0.05, 0.1) is 0 Å². The van der Waals surface area contributed by atoms with Crippen LogP contribution in [0.2, 0.25) is 0 Å². The van der Waals surface area contributed by atoms with Gasteiger partial charge in [0.1, 0.15) is 0 Å². The molecular weight excluding hydrogens is 258 g/mol. The van der Waals surface area contributed by atoms with E-state index in [2.05, 4.69) is 34.3 Å². The molecule has 1 aromatic rings. The van der Waals surface area contributed by atoms with E-state index in [0.717, 1.165) is 5.92 Å². The molecule has 0 aromatic carbocycles. The van der Waals surface area contributed by atoms with Crippen LogP contribution in [0.4, 0.5) is 5.69 Å². The highest BCUT2D eigenvalue weighted by Gasteiger charge is 2.25. The minimum atomic E-state index is 0.697. The lowest BCUT2D eigenvalue weighted by atomic mass is 9.84. The maximum atomic E-state index is 4.11. The van der Waals surface area contributed by atoms with Gasteiger partial charge in [0.15, 0.2) is 0 Å². The molecule has 21 heavy (non-hydrogen) atoms. The SMILES string of the molecule is C[C@@H](NC1CCN(c2ccncc2)CC1)C1CCCCC1. The number of nitrogens with zero attached hydrogens (tertiary/aromatic N) is 2. The van der Waals surface area contributed by atoms with Gasteiger partial charge in [0.2, 0.25) is 0 Å². The third-order valence-electron chi connectivity index (χ3n) is 5.38. The molecule has 0 spiro atoms. The Labute approximate surface area is 129 Å². The molecule has 3 rings (SSSR count). The van der Waals surface area contributed by atoms with E-state index in [1.165, 1.54) is 63.7 Å². The predicted molar refractivity (Wildman–Crippen MR) is 88.6 cm³/mol. The largest absolute Gasteiger partial charge is 0.371 e. The highest BCUT2D eigenvalue weighted by Crippen LogP contribution is 2.27. The molecule has 1 atom stereocenters. The summed E-state index contributed by atoms with van der Waals surface area (Å²) in [6.45, 7) is 4.74. The molecule has 0 bridgehead atoms. The average molecular weight is 287 g/mol. The minimum Gasteiger partial charge on any atom is -0.371 e. The van der Waals surface area contributed by atoms with Crippen molar-refractivity contribution in [2.24, 2.45) is 5.92 Å². The Hall–Kier alpha value is -1.09. The van der Waals surface area contributed by atoms with E-state index in [1.807, 2.05) is 12.4 Å². The van der Waals surface area contributed by atoms with Gasteiger partial charge >= 0.3 is 0 Å². The Balaban J connectivity index is 1.45. The van der Waals surface area contributed by atoms with Gasteiger partial charge in [-0.25, -0.2) is 0 Å². The maximum absolute atomic E-state index is 4.11. The van der Waals surface area contributed by atoms with Crippen molar-refractivity contribution >= 4 is 5.69 Å². The molecule has 0 amide bonds. The maximum Gasteiger partial charge on any atom is 0.0397 e. The fourth-order valence-electron chi connectivity index (χ4n) is 4.00. The van der Waals surface area contributed by atoms with Gasteiger partial charge in [-0.2, -0.15) is 0 Å². The second kappa shape index (κ2) is 7.26. The lowest BCUT2D eigenvalue weighted by Crippen LogP contribution is -2.47. The van der Waals surface area contributed by atoms with Crippen molar-refractivity contribution < 1.29 is 0 Å². The summed E-state index contributed by atoms with van der Waals surface area (Å²) in [5.74, 6) is 0.914. The minimum absolute atomic E-state index is 0.697. The van der Waals surface area contributed by atoms with Gasteiger partial charge in [-0.3, -0.25) is 4.98 Å². The Morgan fingerprint density at radius 2 is 1.71 bits per heavy atom. The van der Waals surface area contributed by atoms with E-state index in [0.29, 0.717) is 12.1 Å². The van der Waals surface area contributed by atoms with E-state index in [9.17, 15) is 0 Å². The van der Waals surface area contributed by atoms with Crippen LogP contribution in [-0.4, -0.2) is 30.2 Å². The first kappa shape index (κ1) is 14.8. The van der Waals surface area contributed by atoms with Gasteiger partial charge < -0.3 is 10.2 Å². The van der Waals surface area contributed by atoms with Gasteiger partial charge in [-0.1, -0.05) is 19.3 Å². The third-order valence-corrected chi connectivity index (χ3v) is 5.38. The second-order valence-electron chi connectivity index (χ2n) is 6.82. The van der Waals surface area contributed by atoms with Crippen LogP contribution in [0.3, 0.4) is 0 Å². The number of rotatable bonds is 4. The number of nitrogens with one attached hydrogen (secondary N) is 1. The molecule has 2 heterocycles. The zero-order valence-corrected chi connectivity index (χ0v) is 13.3. The van der Waals surface area contributed by atoms with Crippen LogP contribution < -0.4 is 10.2 Å². The summed E-state index contributed by atoms with van der Waals surface area (Å²) in [6, 6.07) is 5.65. The molecular formula is C18H29N3. The van der Waals surface area contributed by atoms with Crippen LogP contribution in [0, 0.1) is 5.92 Å². The zero-order chi connectivity index (χ0) is 14.5. The van der Waals surface area contributed by atoms with Crippen molar-refractivity contribution in [1.29, 1.82) is 0 Å². The molecule has 2 aliphatic rings. The zero-order valence-electron chi connectivity index (χ0n) is 13.3. The normalized spacial score (nSPS) is 23.2. The van der Waals surface area contributed by atoms with Crippen molar-refractivity contribution in [1.82, 2.24) is 10.3 Å². The first-order chi connectivity index (χ1) is 10.3. The predicted octanol–water partition coefficient (Wildman–Crippen LogP) is 3.61. The number of aromatic nitrogens is 1. The Kier molecular flexibility index (Phi) is 5.13. The lowest BCUT2D eigenvalue weighted by molar-refractivity contribution is 0.251. The fraction of sp³-hybridized carbons (Fsp3) is 0.722. The number of piperidine rings is 1. The quantitative estimate of drug-likeness (QED) is 0.917. The van der Waals surface area contributed by atoms with Crippen molar-refractivity contribution in [3.8, 4) is 0 Å². The Morgan fingerprint density at radius 3 is 2.38 bits per heavy atom. The summed E-state index contributed by atoms with van der Waals surface area (Å²) in [4.78, 5) is 6.60. The fourth-order valence-corrected chi connectivity index (χ4v) is 4.00. The van der Waals surface area contributed by atoms with Crippen molar-refractivity contribution in [2.75, 3.05) is 18.0 Å². The van der Waals surface area contributed by atoms with Crippen LogP contribution in [0.15, 0.2) is 24.5 Å². The summed E-state index contributed by atoms with van der Waals surface area (Å²) < 4.78 is 0. The van der Waals surface area contributed by atoms with Crippen LogP contribution >= 0.6 is 0 Å². The summed E-state index contributed by atoms with van der Waals surface area (Å²) in [5.41, 5.74) is 1.32. The van der Waals surface area contributed by atoms with Gasteiger partial charge in [0, 0.05) is 43.3 Å². The molecule has 3 heteroatoms. The van der Waals surface area contributed by atoms with E-state index in [-0.39, 0.29) is 0 Å². The van der Waals surface area contributed by atoms with Crippen LogP contribution in [0.25, 0.3) is 0 Å². The van der Waals surface area contributed by atoms with Crippen LogP contribution in [-0.2, 0) is 0 Å². The Morgan fingerprint density at radius 1 is 1.05 bits per heavy atom. The van der Waals surface area contributed by atoms with E-state index in [4.69, 9.17) is 0 Å². The number of pyridine rings is 1. The monoisotopic (exact) mass is 287 g/mol. The molecule has 1 N–H and O–H groups in total. The standard InChI is InChI=1S/C18H29N3/c1-15(16-5-3-2-4-6-16)20-17-9-13-21(14-10-17)18-7-11-19-12-8-18/h7-8,11-12,15-17,20H,2-6,9-10,13-14H2,1H3/t15-/m1/s1. The highest BCUT2D eigenvalue weighted by atomic mass is 15.1.